The van der Waals surface area contributed by atoms with E-state index in [0.29, 0.717) is 11.8 Å². The van der Waals surface area contributed by atoms with Crippen molar-refractivity contribution in [1.82, 2.24) is 4.98 Å². The molecular weight excluding hydrogens is 323 g/mol. The summed E-state index contributed by atoms with van der Waals surface area (Å²) in [7, 11) is 0. The summed E-state index contributed by atoms with van der Waals surface area (Å²) in [5.74, 6) is -0.891. The zero-order valence-electron chi connectivity index (χ0n) is 10.9. The molecule has 1 aromatic carbocycles. The monoisotopic (exact) mass is 331 g/mol. The number of carboxylic acids is 1. The highest BCUT2D eigenvalue weighted by Gasteiger charge is 2.30. The molecule has 0 amide bonds. The van der Waals surface area contributed by atoms with Crippen molar-refractivity contribution in [2.75, 3.05) is 0 Å². The molecule has 0 aliphatic heterocycles. The summed E-state index contributed by atoms with van der Waals surface area (Å²) in [4.78, 5) is 14.2. The maximum atomic E-state index is 12.4. The Kier molecular flexibility index (Phi) is 4.56. The second kappa shape index (κ2) is 6.23. The number of pyridine rings is 1. The van der Waals surface area contributed by atoms with E-state index < -0.39 is 17.7 Å². The van der Waals surface area contributed by atoms with E-state index in [1.807, 2.05) is 0 Å². The first-order chi connectivity index (χ1) is 10.3. The maximum Gasteiger partial charge on any atom is 0.417 e. The van der Waals surface area contributed by atoms with Gasteiger partial charge in [0.15, 0.2) is 0 Å². The van der Waals surface area contributed by atoms with Gasteiger partial charge < -0.3 is 9.84 Å². The summed E-state index contributed by atoms with van der Waals surface area (Å²) in [6.07, 6.45) is -4.01. The van der Waals surface area contributed by atoms with Crippen LogP contribution in [-0.2, 0) is 17.4 Å². The van der Waals surface area contributed by atoms with Crippen LogP contribution in [0.5, 0.6) is 11.6 Å². The van der Waals surface area contributed by atoms with Crippen LogP contribution < -0.4 is 4.74 Å². The Morgan fingerprint density at radius 3 is 2.50 bits per heavy atom. The van der Waals surface area contributed by atoms with E-state index in [1.165, 1.54) is 18.2 Å². The highest BCUT2D eigenvalue weighted by molar-refractivity contribution is 6.32. The van der Waals surface area contributed by atoms with Gasteiger partial charge in [-0.2, -0.15) is 13.2 Å². The zero-order chi connectivity index (χ0) is 16.3. The highest BCUT2D eigenvalue weighted by Crippen LogP contribution is 2.32. The standard InChI is InChI=1S/C14H9ClF3NO3/c15-10-5-8(6-13(20)21)1-3-11(10)22-12-4-2-9(7-19-12)14(16,17)18/h1-5,7H,6H2,(H,20,21). The number of carbonyl (C=O) groups is 1. The average Bonchev–Trinajstić information content (AvgIpc) is 2.41. The van der Waals surface area contributed by atoms with Crippen LogP contribution in [0.2, 0.25) is 5.02 Å². The summed E-state index contributed by atoms with van der Waals surface area (Å²) in [5, 5.41) is 8.82. The van der Waals surface area contributed by atoms with Crippen LogP contribution in [0.25, 0.3) is 0 Å². The molecule has 116 valence electrons. The minimum atomic E-state index is -4.47. The molecule has 0 aliphatic rings. The van der Waals surface area contributed by atoms with Crippen molar-refractivity contribution < 1.29 is 27.8 Å². The Morgan fingerprint density at radius 1 is 1.27 bits per heavy atom. The summed E-state index contributed by atoms with van der Waals surface area (Å²) >= 11 is 5.94. The van der Waals surface area contributed by atoms with Crippen LogP contribution in [-0.4, -0.2) is 16.1 Å². The van der Waals surface area contributed by atoms with E-state index in [4.69, 9.17) is 21.4 Å². The normalized spacial score (nSPS) is 11.3. The lowest BCUT2D eigenvalue weighted by Crippen LogP contribution is -2.05. The minimum Gasteiger partial charge on any atom is -0.481 e. The second-order valence-corrected chi connectivity index (χ2v) is 4.73. The highest BCUT2D eigenvalue weighted by atomic mass is 35.5. The van der Waals surface area contributed by atoms with E-state index >= 15 is 0 Å². The Morgan fingerprint density at radius 2 is 2.00 bits per heavy atom. The molecule has 0 aliphatic carbocycles. The summed E-state index contributed by atoms with van der Waals surface area (Å²) in [5.41, 5.74) is -0.409. The van der Waals surface area contributed by atoms with Gasteiger partial charge in [0.25, 0.3) is 0 Å². The molecule has 0 fully saturated rings. The minimum absolute atomic E-state index is 0.0547. The number of aromatic nitrogens is 1. The molecule has 1 N–H and O–H groups in total. The third-order valence-corrected chi connectivity index (χ3v) is 2.93. The topological polar surface area (TPSA) is 59.4 Å². The van der Waals surface area contributed by atoms with Crippen molar-refractivity contribution in [1.29, 1.82) is 0 Å². The Labute approximate surface area is 128 Å². The molecule has 8 heteroatoms. The lowest BCUT2D eigenvalue weighted by atomic mass is 10.1. The van der Waals surface area contributed by atoms with Gasteiger partial charge in [0, 0.05) is 12.3 Å². The molecule has 4 nitrogen and oxygen atoms in total. The van der Waals surface area contributed by atoms with Crippen LogP contribution in [0, 0.1) is 0 Å². The van der Waals surface area contributed by atoms with Crippen LogP contribution in [0.15, 0.2) is 36.5 Å². The zero-order valence-corrected chi connectivity index (χ0v) is 11.6. The number of carboxylic acid groups (broad SMARTS) is 1. The van der Waals surface area contributed by atoms with E-state index in [2.05, 4.69) is 4.98 Å². The Bertz CT molecular complexity index is 687. The fraction of sp³-hybridized carbons (Fsp3) is 0.143. The number of benzene rings is 1. The molecule has 0 radical (unpaired) electrons. The van der Waals surface area contributed by atoms with E-state index in [0.717, 1.165) is 12.1 Å². The number of hydrogen-bond donors (Lipinski definition) is 1. The molecule has 22 heavy (non-hydrogen) atoms. The number of aliphatic carboxylic acids is 1. The molecule has 0 atom stereocenters. The first-order valence-electron chi connectivity index (χ1n) is 5.97. The first-order valence-corrected chi connectivity index (χ1v) is 6.35. The Hall–Kier alpha value is -2.28. The predicted octanol–water partition coefficient (Wildman–Crippen LogP) is 4.17. The van der Waals surface area contributed by atoms with Crippen molar-refractivity contribution in [2.24, 2.45) is 0 Å². The molecule has 1 heterocycles. The van der Waals surface area contributed by atoms with Gasteiger partial charge in [-0.1, -0.05) is 17.7 Å². The van der Waals surface area contributed by atoms with Crippen molar-refractivity contribution in [3.63, 3.8) is 0 Å². The molecule has 1 aromatic heterocycles. The van der Waals surface area contributed by atoms with E-state index in [9.17, 15) is 18.0 Å². The number of halogens is 4. The van der Waals surface area contributed by atoms with Crippen LogP contribution in [0.4, 0.5) is 13.2 Å². The van der Waals surface area contributed by atoms with Gasteiger partial charge in [-0.25, -0.2) is 4.98 Å². The SMILES string of the molecule is O=C(O)Cc1ccc(Oc2ccc(C(F)(F)F)cn2)c(Cl)c1. The fourth-order valence-electron chi connectivity index (χ4n) is 1.63. The molecule has 0 unspecified atom stereocenters. The lowest BCUT2D eigenvalue weighted by molar-refractivity contribution is -0.138. The number of alkyl halides is 3. The third-order valence-electron chi connectivity index (χ3n) is 2.63. The van der Waals surface area contributed by atoms with Gasteiger partial charge in [-0.05, 0) is 23.8 Å². The third kappa shape index (κ3) is 4.11. The van der Waals surface area contributed by atoms with Crippen molar-refractivity contribution in [2.45, 2.75) is 12.6 Å². The predicted molar refractivity (Wildman–Crippen MR) is 72.1 cm³/mol. The van der Waals surface area contributed by atoms with Crippen LogP contribution in [0.3, 0.4) is 0 Å². The van der Waals surface area contributed by atoms with Crippen molar-refractivity contribution in [3.8, 4) is 11.6 Å². The van der Waals surface area contributed by atoms with Gasteiger partial charge in [-0.15, -0.1) is 0 Å². The lowest BCUT2D eigenvalue weighted by Gasteiger charge is -2.09. The van der Waals surface area contributed by atoms with Gasteiger partial charge >= 0.3 is 12.1 Å². The molecule has 0 spiro atoms. The quantitative estimate of drug-likeness (QED) is 0.913. The molecule has 2 rings (SSSR count). The molecule has 0 saturated carbocycles. The summed E-state index contributed by atoms with van der Waals surface area (Å²) in [6.45, 7) is 0. The van der Waals surface area contributed by atoms with Gasteiger partial charge in [-0.3, -0.25) is 4.79 Å². The summed E-state index contributed by atoms with van der Waals surface area (Å²) < 4.78 is 42.5. The van der Waals surface area contributed by atoms with Gasteiger partial charge in [0.1, 0.15) is 5.75 Å². The number of hydrogen-bond acceptors (Lipinski definition) is 3. The number of rotatable bonds is 4. The second-order valence-electron chi connectivity index (χ2n) is 4.32. The largest absolute Gasteiger partial charge is 0.481 e. The maximum absolute atomic E-state index is 12.4. The van der Waals surface area contributed by atoms with E-state index in [1.54, 1.807) is 0 Å². The molecule has 2 aromatic rings. The van der Waals surface area contributed by atoms with Crippen LogP contribution >= 0.6 is 11.6 Å². The fourth-order valence-corrected chi connectivity index (χ4v) is 1.87. The van der Waals surface area contributed by atoms with Crippen molar-refractivity contribution >= 4 is 17.6 Å². The van der Waals surface area contributed by atoms with Gasteiger partial charge in [0.05, 0.1) is 17.0 Å². The summed E-state index contributed by atoms with van der Waals surface area (Å²) in [6, 6.07) is 6.26. The first kappa shape index (κ1) is 16.1. The average molecular weight is 332 g/mol. The molecular formula is C14H9ClF3NO3. The molecule has 0 saturated heterocycles. The van der Waals surface area contributed by atoms with Crippen LogP contribution in [0.1, 0.15) is 11.1 Å². The smallest absolute Gasteiger partial charge is 0.417 e. The Balaban J connectivity index is 2.15. The van der Waals surface area contributed by atoms with Crippen molar-refractivity contribution in [3.05, 3.63) is 52.7 Å². The van der Waals surface area contributed by atoms with E-state index in [-0.39, 0.29) is 23.1 Å². The number of ether oxygens (including phenoxy) is 1. The number of nitrogens with zero attached hydrogens (tertiary/aromatic N) is 1. The van der Waals surface area contributed by atoms with Gasteiger partial charge in [0.2, 0.25) is 5.88 Å². The molecule has 0 bridgehead atoms.